The minimum absolute atomic E-state index is 0.520. The van der Waals surface area contributed by atoms with Crippen LogP contribution in [0.4, 0.5) is 0 Å². The fraction of sp³-hybridized carbons (Fsp3) is 1.00. The molecule has 1 aliphatic carbocycles. The van der Waals surface area contributed by atoms with Crippen LogP contribution in [-0.2, 0) is 0 Å². The molecule has 0 aromatic heterocycles. The van der Waals surface area contributed by atoms with E-state index < -0.39 is 0 Å². The molecule has 1 aliphatic heterocycles. The lowest BCUT2D eigenvalue weighted by Crippen LogP contribution is -2.48. The lowest BCUT2D eigenvalue weighted by Gasteiger charge is -2.39. The van der Waals surface area contributed by atoms with E-state index in [1.165, 1.54) is 37.2 Å². The zero-order valence-corrected chi connectivity index (χ0v) is 12.1. The van der Waals surface area contributed by atoms with Gasteiger partial charge in [0, 0.05) is 17.8 Å². The summed E-state index contributed by atoms with van der Waals surface area (Å²) in [5.74, 6) is 2.65. The molecule has 1 nitrogen and oxygen atoms in total. The molecule has 2 atom stereocenters. The molecule has 0 aromatic rings. The van der Waals surface area contributed by atoms with Crippen LogP contribution >= 0.6 is 11.8 Å². The molecule has 0 aromatic carbocycles. The van der Waals surface area contributed by atoms with Gasteiger partial charge in [0.05, 0.1) is 0 Å². The van der Waals surface area contributed by atoms with Crippen molar-refractivity contribution < 1.29 is 0 Å². The topological polar surface area (TPSA) is 12.0 Å². The second-order valence-corrected chi connectivity index (χ2v) is 8.21. The van der Waals surface area contributed by atoms with Gasteiger partial charge >= 0.3 is 0 Å². The molecule has 1 saturated carbocycles. The first-order valence-corrected chi connectivity index (χ1v) is 7.88. The van der Waals surface area contributed by atoms with Crippen LogP contribution in [0.1, 0.15) is 53.4 Å². The van der Waals surface area contributed by atoms with Gasteiger partial charge in [0.1, 0.15) is 0 Å². The quantitative estimate of drug-likeness (QED) is 0.791. The number of hydrogen-bond donors (Lipinski definition) is 1. The fourth-order valence-electron chi connectivity index (χ4n) is 3.29. The van der Waals surface area contributed by atoms with Gasteiger partial charge in [-0.2, -0.15) is 11.8 Å². The van der Waals surface area contributed by atoms with Crippen LogP contribution in [0, 0.1) is 10.8 Å². The Balaban J connectivity index is 1.90. The Bertz CT molecular complexity index is 247. The van der Waals surface area contributed by atoms with Crippen molar-refractivity contribution >= 4 is 11.8 Å². The van der Waals surface area contributed by atoms with E-state index in [0.29, 0.717) is 10.8 Å². The number of rotatable bonds is 2. The number of hydrogen-bond acceptors (Lipinski definition) is 2. The highest BCUT2D eigenvalue weighted by atomic mass is 32.2. The zero-order valence-electron chi connectivity index (χ0n) is 11.3. The van der Waals surface area contributed by atoms with Crippen LogP contribution < -0.4 is 5.32 Å². The third-order valence-electron chi connectivity index (χ3n) is 4.30. The molecule has 0 amide bonds. The second-order valence-electron chi connectivity index (χ2n) is 7.18. The largest absolute Gasteiger partial charge is 0.310 e. The minimum Gasteiger partial charge on any atom is -0.310 e. The van der Waals surface area contributed by atoms with E-state index >= 15 is 0 Å². The lowest BCUT2D eigenvalue weighted by molar-refractivity contribution is 0.233. The van der Waals surface area contributed by atoms with Crippen molar-refractivity contribution in [3.63, 3.8) is 0 Å². The first kappa shape index (κ1) is 12.8. The summed E-state index contributed by atoms with van der Waals surface area (Å²) in [7, 11) is 0. The summed E-state index contributed by atoms with van der Waals surface area (Å²) >= 11 is 2.13. The van der Waals surface area contributed by atoms with Crippen LogP contribution in [-0.4, -0.2) is 23.6 Å². The molecule has 1 heterocycles. The maximum atomic E-state index is 3.94. The van der Waals surface area contributed by atoms with Gasteiger partial charge in [-0.1, -0.05) is 34.1 Å². The zero-order chi connectivity index (χ0) is 11.8. The molecule has 94 valence electrons. The van der Waals surface area contributed by atoms with Crippen LogP contribution in [0.5, 0.6) is 0 Å². The lowest BCUT2D eigenvalue weighted by atomic mass is 9.84. The van der Waals surface area contributed by atoms with E-state index in [-0.39, 0.29) is 0 Å². The molecule has 2 aliphatic rings. The summed E-state index contributed by atoms with van der Waals surface area (Å²) in [6.45, 7) is 9.68. The molecule has 2 rings (SSSR count). The molecule has 1 N–H and O–H groups in total. The molecular weight excluding hydrogens is 214 g/mol. The van der Waals surface area contributed by atoms with Crippen molar-refractivity contribution in [1.82, 2.24) is 5.32 Å². The first-order valence-electron chi connectivity index (χ1n) is 6.73. The van der Waals surface area contributed by atoms with Gasteiger partial charge < -0.3 is 5.32 Å². The van der Waals surface area contributed by atoms with E-state index in [9.17, 15) is 0 Å². The van der Waals surface area contributed by atoms with E-state index in [1.807, 2.05) is 0 Å². The Morgan fingerprint density at radius 1 is 1.19 bits per heavy atom. The monoisotopic (exact) mass is 241 g/mol. The molecular formula is C14H27NS. The van der Waals surface area contributed by atoms with Gasteiger partial charge in [-0.25, -0.2) is 0 Å². The van der Waals surface area contributed by atoms with Crippen molar-refractivity contribution in [2.45, 2.75) is 65.5 Å². The third-order valence-corrected chi connectivity index (χ3v) is 5.93. The SMILES string of the molecule is CC1(C)CSCC(NC2CCCC2(C)C)C1. The highest BCUT2D eigenvalue weighted by Gasteiger charge is 2.37. The summed E-state index contributed by atoms with van der Waals surface area (Å²) in [6, 6.07) is 1.50. The van der Waals surface area contributed by atoms with Gasteiger partial charge in [-0.05, 0) is 35.8 Å². The minimum atomic E-state index is 0.520. The highest BCUT2D eigenvalue weighted by molar-refractivity contribution is 7.99. The Kier molecular flexibility index (Phi) is 3.61. The Hall–Kier alpha value is 0.310. The van der Waals surface area contributed by atoms with Crippen molar-refractivity contribution in [3.05, 3.63) is 0 Å². The maximum absolute atomic E-state index is 3.94. The number of nitrogens with one attached hydrogen (secondary N) is 1. The Morgan fingerprint density at radius 3 is 2.50 bits per heavy atom. The van der Waals surface area contributed by atoms with Crippen molar-refractivity contribution in [2.24, 2.45) is 10.8 Å². The highest BCUT2D eigenvalue weighted by Crippen LogP contribution is 2.39. The molecule has 0 spiro atoms. The third kappa shape index (κ3) is 2.95. The average molecular weight is 241 g/mol. The van der Waals surface area contributed by atoms with Gasteiger partial charge in [0.25, 0.3) is 0 Å². The second kappa shape index (κ2) is 4.53. The van der Waals surface area contributed by atoms with Crippen molar-refractivity contribution in [2.75, 3.05) is 11.5 Å². The van der Waals surface area contributed by atoms with Crippen LogP contribution in [0.25, 0.3) is 0 Å². The maximum Gasteiger partial charge on any atom is 0.0166 e. The molecule has 0 bridgehead atoms. The van der Waals surface area contributed by atoms with Crippen molar-refractivity contribution in [1.29, 1.82) is 0 Å². The molecule has 0 radical (unpaired) electrons. The summed E-state index contributed by atoms with van der Waals surface area (Å²) < 4.78 is 0. The molecule has 16 heavy (non-hydrogen) atoms. The Morgan fingerprint density at radius 2 is 1.94 bits per heavy atom. The van der Waals surface area contributed by atoms with E-state index in [4.69, 9.17) is 0 Å². The van der Waals surface area contributed by atoms with Crippen LogP contribution in [0.3, 0.4) is 0 Å². The summed E-state index contributed by atoms with van der Waals surface area (Å²) in [5, 5.41) is 3.94. The summed E-state index contributed by atoms with van der Waals surface area (Å²) in [4.78, 5) is 0. The predicted octanol–water partition coefficient (Wildman–Crippen LogP) is 3.69. The summed E-state index contributed by atoms with van der Waals surface area (Å²) in [5.41, 5.74) is 1.05. The van der Waals surface area contributed by atoms with Gasteiger partial charge in [0.15, 0.2) is 0 Å². The normalized spacial score (nSPS) is 37.5. The summed E-state index contributed by atoms with van der Waals surface area (Å²) in [6.07, 6.45) is 5.54. The molecule has 1 saturated heterocycles. The van der Waals surface area contributed by atoms with Crippen LogP contribution in [0.15, 0.2) is 0 Å². The van der Waals surface area contributed by atoms with E-state index in [0.717, 1.165) is 12.1 Å². The standard InChI is InChI=1S/C14H27NS/c1-13(2)8-11(9-16-10-13)15-12-6-5-7-14(12,3)4/h11-12,15H,5-10H2,1-4H3. The van der Waals surface area contributed by atoms with Gasteiger partial charge in [-0.15, -0.1) is 0 Å². The van der Waals surface area contributed by atoms with Crippen LogP contribution in [0.2, 0.25) is 0 Å². The average Bonchev–Trinajstić information content (AvgIpc) is 2.44. The first-order chi connectivity index (χ1) is 7.39. The predicted molar refractivity (Wildman–Crippen MR) is 74.1 cm³/mol. The van der Waals surface area contributed by atoms with E-state index in [1.54, 1.807) is 0 Å². The Labute approximate surface area is 105 Å². The van der Waals surface area contributed by atoms with E-state index in [2.05, 4.69) is 44.8 Å². The molecule has 2 heteroatoms. The van der Waals surface area contributed by atoms with Crippen molar-refractivity contribution in [3.8, 4) is 0 Å². The molecule has 2 unspecified atom stereocenters. The fourth-order valence-corrected chi connectivity index (χ4v) is 4.58. The smallest absolute Gasteiger partial charge is 0.0166 e. The van der Waals surface area contributed by atoms with Gasteiger partial charge in [-0.3, -0.25) is 0 Å². The van der Waals surface area contributed by atoms with Gasteiger partial charge in [0.2, 0.25) is 0 Å². The number of thioether (sulfide) groups is 1. The molecule has 2 fully saturated rings.